The van der Waals surface area contributed by atoms with Crippen LogP contribution in [0.4, 0.5) is 11.4 Å². The smallest absolute Gasteiger partial charge is 0.296 e. The molecule has 0 radical (unpaired) electrons. The molecule has 2 rings (SSSR count). The summed E-state index contributed by atoms with van der Waals surface area (Å²) in [5, 5.41) is 19.1. The number of ether oxygens (including phenoxy) is 2. The number of hydrogen-bond acceptors (Lipinski definition) is 6. The Labute approximate surface area is 204 Å². The second kappa shape index (κ2) is 11.4. The summed E-state index contributed by atoms with van der Waals surface area (Å²) in [5.74, 6) is 0.502. The van der Waals surface area contributed by atoms with Crippen LogP contribution in [0.25, 0.3) is 0 Å². The molecule has 0 spiro atoms. The van der Waals surface area contributed by atoms with Gasteiger partial charge in [-0.15, -0.1) is 0 Å². The number of anilines is 1. The van der Waals surface area contributed by atoms with E-state index in [-0.39, 0.29) is 22.9 Å². The van der Waals surface area contributed by atoms with Gasteiger partial charge >= 0.3 is 0 Å². The lowest BCUT2D eigenvalue weighted by Gasteiger charge is -2.27. The molecule has 2 aromatic rings. The maximum atomic E-state index is 12.5. The lowest BCUT2D eigenvalue weighted by atomic mass is 10.1. The van der Waals surface area contributed by atoms with Gasteiger partial charge in [-0.2, -0.15) is 0 Å². The highest BCUT2D eigenvalue weighted by atomic mass is 35.6. The average molecular weight is 522 g/mol. The van der Waals surface area contributed by atoms with E-state index in [9.17, 15) is 14.9 Å². The minimum Gasteiger partial charge on any atom is -0.497 e. The third kappa shape index (κ3) is 7.56. The van der Waals surface area contributed by atoms with E-state index in [0.29, 0.717) is 17.1 Å². The number of benzene rings is 2. The molecule has 32 heavy (non-hydrogen) atoms. The molecule has 0 heterocycles. The summed E-state index contributed by atoms with van der Waals surface area (Å²) in [7, 11) is 2.93. The summed E-state index contributed by atoms with van der Waals surface area (Å²) in [6.45, 7) is 0. The lowest BCUT2D eigenvalue weighted by molar-refractivity contribution is -0.384. The Kier molecular flexibility index (Phi) is 9.14. The fourth-order valence-corrected chi connectivity index (χ4v) is 3.08. The number of alkyl halides is 3. The Hall–Kier alpha value is -2.53. The quantitative estimate of drug-likeness (QED) is 0.157. The van der Waals surface area contributed by atoms with Gasteiger partial charge < -0.3 is 25.4 Å². The summed E-state index contributed by atoms with van der Waals surface area (Å²) in [6.07, 6.45) is -1.22. The van der Waals surface area contributed by atoms with Crippen LogP contribution in [0.2, 0.25) is 0 Å². The molecule has 0 saturated heterocycles. The van der Waals surface area contributed by atoms with Crippen LogP contribution in [0.15, 0.2) is 42.5 Å². The van der Waals surface area contributed by atoms with Crippen LogP contribution < -0.4 is 25.4 Å². The number of carbonyl (C=O) groups excluding carboxylic acids is 1. The topological polar surface area (TPSA) is 115 Å². The van der Waals surface area contributed by atoms with Crippen molar-refractivity contribution in [2.75, 3.05) is 19.5 Å². The van der Waals surface area contributed by atoms with Gasteiger partial charge in [-0.05, 0) is 42.0 Å². The molecule has 0 aromatic heterocycles. The molecule has 1 amide bonds. The van der Waals surface area contributed by atoms with Crippen molar-refractivity contribution in [3.8, 4) is 11.5 Å². The number of carbonyl (C=O) groups is 1. The highest BCUT2D eigenvalue weighted by molar-refractivity contribution is 7.80. The molecule has 0 saturated carbocycles. The van der Waals surface area contributed by atoms with E-state index in [4.69, 9.17) is 56.5 Å². The zero-order chi connectivity index (χ0) is 23.9. The molecule has 0 aliphatic heterocycles. The Bertz CT molecular complexity index is 986. The number of halogens is 3. The number of amides is 1. The molecule has 0 aliphatic rings. The largest absolute Gasteiger partial charge is 0.497 e. The normalized spacial score (nSPS) is 11.8. The zero-order valence-electron chi connectivity index (χ0n) is 16.9. The summed E-state index contributed by atoms with van der Waals surface area (Å²) >= 11 is 23.1. The van der Waals surface area contributed by atoms with Gasteiger partial charge in [0.05, 0.1) is 31.6 Å². The van der Waals surface area contributed by atoms with Crippen molar-refractivity contribution in [1.82, 2.24) is 10.6 Å². The van der Waals surface area contributed by atoms with Gasteiger partial charge in [0, 0.05) is 0 Å². The standard InChI is InChI=1S/C19H19Cl3N4O5S/c1-30-12-5-3-11(4-6-12)9-16(27)24-17(19(20,21)22)25-18(32)23-14-8-7-13(31-2)10-15(14)26(28)29/h3-8,10,17H,9H2,1-2H3,(H,24,27)(H2,23,25,32). The third-order valence-corrected chi connectivity index (χ3v) is 4.96. The summed E-state index contributed by atoms with van der Waals surface area (Å²) in [5.41, 5.74) is 0.518. The average Bonchev–Trinajstić information content (AvgIpc) is 2.73. The summed E-state index contributed by atoms with van der Waals surface area (Å²) in [4.78, 5) is 23.2. The fourth-order valence-electron chi connectivity index (χ4n) is 2.53. The van der Waals surface area contributed by atoms with Crippen molar-refractivity contribution >= 4 is 69.4 Å². The number of nitrogens with one attached hydrogen (secondary N) is 3. The van der Waals surface area contributed by atoms with E-state index >= 15 is 0 Å². The van der Waals surface area contributed by atoms with Crippen molar-refractivity contribution in [2.45, 2.75) is 16.4 Å². The number of nitro benzene ring substituents is 1. The van der Waals surface area contributed by atoms with Gasteiger partial charge in [-0.25, -0.2) is 0 Å². The van der Waals surface area contributed by atoms with Crippen molar-refractivity contribution in [3.63, 3.8) is 0 Å². The van der Waals surface area contributed by atoms with Crippen LogP contribution >= 0.6 is 47.0 Å². The molecule has 9 nitrogen and oxygen atoms in total. The van der Waals surface area contributed by atoms with Crippen LogP contribution in [0, 0.1) is 10.1 Å². The molecule has 0 aliphatic carbocycles. The second-order valence-electron chi connectivity index (χ2n) is 6.31. The van der Waals surface area contributed by atoms with Crippen LogP contribution in [-0.2, 0) is 11.2 Å². The van der Waals surface area contributed by atoms with Gasteiger partial charge in [-0.3, -0.25) is 14.9 Å². The van der Waals surface area contributed by atoms with Crippen molar-refractivity contribution in [2.24, 2.45) is 0 Å². The van der Waals surface area contributed by atoms with Crippen molar-refractivity contribution < 1.29 is 19.2 Å². The second-order valence-corrected chi connectivity index (χ2v) is 9.08. The van der Waals surface area contributed by atoms with Crippen LogP contribution in [-0.4, -0.2) is 40.1 Å². The highest BCUT2D eigenvalue weighted by Gasteiger charge is 2.35. The SMILES string of the molecule is COc1ccc(CC(=O)NC(NC(=S)Nc2ccc(OC)cc2[N+](=O)[O-])C(Cl)(Cl)Cl)cc1. The Morgan fingerprint density at radius 2 is 1.69 bits per heavy atom. The first-order chi connectivity index (χ1) is 15.0. The number of thiocarbonyl (C=S) groups is 1. The van der Waals surface area contributed by atoms with E-state index in [2.05, 4.69) is 16.0 Å². The molecular formula is C19H19Cl3N4O5S. The number of nitro groups is 1. The van der Waals surface area contributed by atoms with Gasteiger partial charge in [0.15, 0.2) is 5.11 Å². The van der Waals surface area contributed by atoms with Crippen molar-refractivity contribution in [1.29, 1.82) is 0 Å². The first kappa shape index (κ1) is 25.7. The maximum Gasteiger partial charge on any atom is 0.296 e. The number of rotatable bonds is 8. The van der Waals surface area contributed by atoms with Gasteiger partial charge in [0.2, 0.25) is 9.70 Å². The molecule has 0 fully saturated rings. The third-order valence-electron chi connectivity index (χ3n) is 4.08. The minimum absolute atomic E-state index is 0.00701. The molecular weight excluding hydrogens is 503 g/mol. The van der Waals surface area contributed by atoms with E-state index in [0.717, 1.165) is 0 Å². The molecule has 13 heteroatoms. The van der Waals surface area contributed by atoms with E-state index in [1.54, 1.807) is 24.3 Å². The molecule has 2 aromatic carbocycles. The van der Waals surface area contributed by atoms with E-state index < -0.39 is 20.8 Å². The minimum atomic E-state index is -1.98. The molecule has 0 bridgehead atoms. The number of methoxy groups -OCH3 is 2. The lowest BCUT2D eigenvalue weighted by Crippen LogP contribution is -2.56. The van der Waals surface area contributed by atoms with Gasteiger partial charge in [0.25, 0.3) is 5.69 Å². The van der Waals surface area contributed by atoms with Gasteiger partial charge in [-0.1, -0.05) is 46.9 Å². The van der Waals surface area contributed by atoms with Crippen LogP contribution in [0.3, 0.4) is 0 Å². The Morgan fingerprint density at radius 1 is 1.09 bits per heavy atom. The molecule has 172 valence electrons. The first-order valence-corrected chi connectivity index (χ1v) is 10.5. The Morgan fingerprint density at radius 3 is 2.22 bits per heavy atom. The van der Waals surface area contributed by atoms with Crippen molar-refractivity contribution in [3.05, 3.63) is 58.1 Å². The summed E-state index contributed by atoms with van der Waals surface area (Å²) in [6, 6.07) is 11.0. The van der Waals surface area contributed by atoms with Crippen LogP contribution in [0.1, 0.15) is 5.56 Å². The van der Waals surface area contributed by atoms with E-state index in [1.807, 2.05) is 0 Å². The zero-order valence-corrected chi connectivity index (χ0v) is 19.9. The molecule has 1 atom stereocenters. The Balaban J connectivity index is 2.08. The molecule has 1 unspecified atom stereocenters. The predicted molar refractivity (Wildman–Crippen MR) is 128 cm³/mol. The number of nitrogens with zero attached hydrogens (tertiary/aromatic N) is 1. The first-order valence-electron chi connectivity index (χ1n) is 8.92. The van der Waals surface area contributed by atoms with Gasteiger partial charge in [0.1, 0.15) is 23.4 Å². The monoisotopic (exact) mass is 520 g/mol. The van der Waals surface area contributed by atoms with Crippen LogP contribution in [0.5, 0.6) is 11.5 Å². The van der Waals surface area contributed by atoms with E-state index in [1.165, 1.54) is 32.4 Å². The highest BCUT2D eigenvalue weighted by Crippen LogP contribution is 2.31. The number of hydrogen-bond donors (Lipinski definition) is 3. The maximum absolute atomic E-state index is 12.5. The predicted octanol–water partition coefficient (Wildman–Crippen LogP) is 3.95. The summed E-state index contributed by atoms with van der Waals surface area (Å²) < 4.78 is 8.09. The molecule has 3 N–H and O–H groups in total. The fraction of sp³-hybridized carbons (Fsp3) is 0.263.